The number of nitrogens with one attached hydrogen (secondary N) is 1. The summed E-state index contributed by atoms with van der Waals surface area (Å²) >= 11 is 0. The average molecular weight is 272 g/mol. The van der Waals surface area contributed by atoms with Crippen LogP contribution in [0.4, 0.5) is 5.69 Å². The average Bonchev–Trinajstić information content (AvgIpc) is 2.93. The van der Waals surface area contributed by atoms with E-state index in [9.17, 15) is 0 Å². The second-order valence-corrected chi connectivity index (χ2v) is 5.21. The summed E-state index contributed by atoms with van der Waals surface area (Å²) in [4.78, 5) is 8.68. The van der Waals surface area contributed by atoms with Gasteiger partial charge in [0.2, 0.25) is 0 Å². The molecule has 5 nitrogen and oxygen atoms in total. The van der Waals surface area contributed by atoms with Crippen LogP contribution < -0.4 is 5.32 Å². The lowest BCUT2D eigenvalue weighted by molar-refractivity contribution is 0.0595. The van der Waals surface area contributed by atoms with E-state index in [1.54, 1.807) is 6.20 Å². The number of ether oxygens (including phenoxy) is 1. The quantitative estimate of drug-likeness (QED) is 0.928. The molecule has 3 heterocycles. The van der Waals surface area contributed by atoms with Crippen molar-refractivity contribution in [3.05, 3.63) is 36.5 Å². The molecule has 3 rings (SSSR count). The molecule has 1 fully saturated rings. The van der Waals surface area contributed by atoms with Gasteiger partial charge in [0.15, 0.2) is 0 Å². The highest BCUT2D eigenvalue weighted by molar-refractivity contribution is 5.43. The highest BCUT2D eigenvalue weighted by Gasteiger charge is 2.13. The molecule has 1 saturated heterocycles. The van der Waals surface area contributed by atoms with Gasteiger partial charge in [0, 0.05) is 25.5 Å². The van der Waals surface area contributed by atoms with Crippen molar-refractivity contribution < 1.29 is 4.74 Å². The Morgan fingerprint density at radius 3 is 3.00 bits per heavy atom. The highest BCUT2D eigenvalue weighted by Crippen LogP contribution is 2.16. The second kappa shape index (κ2) is 6.05. The molecular formula is C15H20N4O. The zero-order chi connectivity index (χ0) is 13.8. The normalized spacial score (nSPS) is 18.9. The lowest BCUT2D eigenvalue weighted by atomic mass is 10.0. The van der Waals surface area contributed by atoms with E-state index in [-0.39, 0.29) is 0 Å². The molecular weight excluding hydrogens is 252 g/mol. The first-order chi connectivity index (χ1) is 9.83. The van der Waals surface area contributed by atoms with E-state index in [0.717, 1.165) is 37.1 Å². The molecule has 0 aliphatic carbocycles. The Kier molecular flexibility index (Phi) is 3.97. The predicted octanol–water partition coefficient (Wildman–Crippen LogP) is 2.41. The molecule has 1 aliphatic heterocycles. The van der Waals surface area contributed by atoms with Gasteiger partial charge < -0.3 is 10.1 Å². The number of nitrogens with zero attached hydrogens (tertiary/aromatic N) is 3. The van der Waals surface area contributed by atoms with Gasteiger partial charge in [-0.15, -0.1) is 0 Å². The van der Waals surface area contributed by atoms with Gasteiger partial charge in [-0.25, -0.2) is 9.97 Å². The Balaban J connectivity index is 1.60. The van der Waals surface area contributed by atoms with Crippen LogP contribution >= 0.6 is 0 Å². The third-order valence-corrected chi connectivity index (χ3v) is 3.67. The number of hydrogen-bond acceptors (Lipinski definition) is 4. The number of anilines is 1. The number of rotatable bonds is 4. The monoisotopic (exact) mass is 272 g/mol. The van der Waals surface area contributed by atoms with Crippen LogP contribution in [0.2, 0.25) is 0 Å². The molecule has 106 valence electrons. The first-order valence-electron chi connectivity index (χ1n) is 7.11. The number of hydrogen-bond donors (Lipinski definition) is 1. The van der Waals surface area contributed by atoms with Crippen LogP contribution in [0.25, 0.3) is 5.82 Å². The molecule has 2 aromatic heterocycles. The van der Waals surface area contributed by atoms with Crippen molar-refractivity contribution in [1.82, 2.24) is 14.5 Å². The minimum atomic E-state index is 0.610. The minimum absolute atomic E-state index is 0.610. The highest BCUT2D eigenvalue weighted by atomic mass is 16.5. The molecule has 0 radical (unpaired) electrons. The molecule has 0 spiro atoms. The van der Waals surface area contributed by atoms with Gasteiger partial charge in [0.1, 0.15) is 11.6 Å². The molecule has 0 bridgehead atoms. The SMILES string of the molecule is Cc1nccn1-c1ccc(NCC2CCCOC2)cn1. The zero-order valence-corrected chi connectivity index (χ0v) is 11.7. The van der Waals surface area contributed by atoms with Crippen molar-refractivity contribution in [3.8, 4) is 5.82 Å². The van der Waals surface area contributed by atoms with Crippen LogP contribution in [0.1, 0.15) is 18.7 Å². The van der Waals surface area contributed by atoms with Gasteiger partial charge in [-0.1, -0.05) is 0 Å². The Morgan fingerprint density at radius 1 is 1.40 bits per heavy atom. The summed E-state index contributed by atoms with van der Waals surface area (Å²) in [5.74, 6) is 2.45. The summed E-state index contributed by atoms with van der Waals surface area (Å²) in [5, 5.41) is 3.43. The molecule has 1 aliphatic rings. The summed E-state index contributed by atoms with van der Waals surface area (Å²) in [5.41, 5.74) is 1.05. The summed E-state index contributed by atoms with van der Waals surface area (Å²) in [6.07, 6.45) is 7.99. The molecule has 0 saturated carbocycles. The Hall–Kier alpha value is -1.88. The van der Waals surface area contributed by atoms with E-state index in [4.69, 9.17) is 4.74 Å². The summed E-state index contributed by atoms with van der Waals surface area (Å²) in [7, 11) is 0. The molecule has 2 aromatic rings. The van der Waals surface area contributed by atoms with Gasteiger partial charge >= 0.3 is 0 Å². The van der Waals surface area contributed by atoms with Crippen LogP contribution in [-0.2, 0) is 4.74 Å². The summed E-state index contributed by atoms with van der Waals surface area (Å²) in [6.45, 7) is 4.70. The van der Waals surface area contributed by atoms with Gasteiger partial charge in [-0.05, 0) is 37.8 Å². The number of pyridine rings is 1. The third-order valence-electron chi connectivity index (χ3n) is 3.67. The molecule has 0 aromatic carbocycles. The van der Waals surface area contributed by atoms with Crippen molar-refractivity contribution in [2.75, 3.05) is 25.1 Å². The molecule has 1 N–H and O–H groups in total. The van der Waals surface area contributed by atoms with Gasteiger partial charge in [0.05, 0.1) is 18.5 Å². The van der Waals surface area contributed by atoms with Crippen LogP contribution in [0.5, 0.6) is 0 Å². The van der Waals surface area contributed by atoms with Gasteiger partial charge in [-0.3, -0.25) is 4.57 Å². The number of imidazole rings is 1. The van der Waals surface area contributed by atoms with Crippen molar-refractivity contribution in [3.63, 3.8) is 0 Å². The minimum Gasteiger partial charge on any atom is -0.383 e. The van der Waals surface area contributed by atoms with E-state index in [1.807, 2.05) is 30.0 Å². The fourth-order valence-corrected chi connectivity index (χ4v) is 2.48. The molecule has 1 atom stereocenters. The number of aryl methyl sites for hydroxylation is 1. The molecule has 0 amide bonds. The molecule has 5 heteroatoms. The summed E-state index contributed by atoms with van der Waals surface area (Å²) < 4.78 is 7.46. The first kappa shape index (κ1) is 13.1. The lowest BCUT2D eigenvalue weighted by Crippen LogP contribution is -2.24. The fraction of sp³-hybridized carbons (Fsp3) is 0.467. The van der Waals surface area contributed by atoms with Crippen molar-refractivity contribution in [2.45, 2.75) is 19.8 Å². The largest absolute Gasteiger partial charge is 0.383 e. The van der Waals surface area contributed by atoms with Crippen LogP contribution in [0, 0.1) is 12.8 Å². The zero-order valence-electron chi connectivity index (χ0n) is 11.7. The Morgan fingerprint density at radius 2 is 2.35 bits per heavy atom. The molecule has 20 heavy (non-hydrogen) atoms. The third kappa shape index (κ3) is 2.99. The van der Waals surface area contributed by atoms with Crippen LogP contribution in [0.3, 0.4) is 0 Å². The van der Waals surface area contributed by atoms with E-state index < -0.39 is 0 Å². The van der Waals surface area contributed by atoms with Crippen molar-refractivity contribution in [2.24, 2.45) is 5.92 Å². The Labute approximate surface area is 119 Å². The van der Waals surface area contributed by atoms with E-state index in [0.29, 0.717) is 5.92 Å². The fourth-order valence-electron chi connectivity index (χ4n) is 2.48. The van der Waals surface area contributed by atoms with E-state index in [1.165, 1.54) is 12.8 Å². The van der Waals surface area contributed by atoms with Gasteiger partial charge in [-0.2, -0.15) is 0 Å². The maximum atomic E-state index is 5.49. The van der Waals surface area contributed by atoms with Crippen molar-refractivity contribution in [1.29, 1.82) is 0 Å². The maximum absolute atomic E-state index is 5.49. The first-order valence-corrected chi connectivity index (χ1v) is 7.11. The second-order valence-electron chi connectivity index (χ2n) is 5.21. The summed E-state index contributed by atoms with van der Waals surface area (Å²) in [6, 6.07) is 4.07. The van der Waals surface area contributed by atoms with E-state index >= 15 is 0 Å². The smallest absolute Gasteiger partial charge is 0.138 e. The van der Waals surface area contributed by atoms with Crippen LogP contribution in [-0.4, -0.2) is 34.3 Å². The standard InChI is InChI=1S/C15H20N4O/c1-12-16-6-7-19(12)15-5-4-14(10-18-15)17-9-13-3-2-8-20-11-13/h4-7,10,13,17H,2-3,8-9,11H2,1H3. The van der Waals surface area contributed by atoms with Gasteiger partial charge in [0.25, 0.3) is 0 Å². The Bertz CT molecular complexity index is 543. The van der Waals surface area contributed by atoms with Crippen LogP contribution in [0.15, 0.2) is 30.7 Å². The topological polar surface area (TPSA) is 52.0 Å². The lowest BCUT2D eigenvalue weighted by Gasteiger charge is -2.22. The van der Waals surface area contributed by atoms with Crippen molar-refractivity contribution >= 4 is 5.69 Å². The predicted molar refractivity (Wildman–Crippen MR) is 78.1 cm³/mol. The molecule has 1 unspecified atom stereocenters. The maximum Gasteiger partial charge on any atom is 0.138 e. The van der Waals surface area contributed by atoms with E-state index in [2.05, 4.69) is 21.4 Å². The number of aromatic nitrogens is 3.